The second-order valence-electron chi connectivity index (χ2n) is 6.53. The minimum atomic E-state index is 0.118. The molecular formula is C19H21N5O. The molecule has 1 aliphatic rings. The third-order valence-corrected chi connectivity index (χ3v) is 4.77. The lowest BCUT2D eigenvalue weighted by Gasteiger charge is -2.35. The molecule has 0 N–H and O–H groups in total. The number of pyridine rings is 1. The Morgan fingerprint density at radius 2 is 1.80 bits per heavy atom. The molecule has 0 radical (unpaired) electrons. The van der Waals surface area contributed by atoms with Crippen LogP contribution in [-0.4, -0.2) is 51.6 Å². The van der Waals surface area contributed by atoms with E-state index in [9.17, 15) is 4.79 Å². The highest BCUT2D eigenvalue weighted by Crippen LogP contribution is 2.18. The van der Waals surface area contributed by atoms with Gasteiger partial charge in [0.25, 0.3) is 5.91 Å². The maximum atomic E-state index is 12.9. The molecule has 2 aromatic heterocycles. The van der Waals surface area contributed by atoms with Crippen molar-refractivity contribution in [3.05, 3.63) is 59.3 Å². The second kappa shape index (κ2) is 6.20. The Morgan fingerprint density at radius 3 is 2.60 bits per heavy atom. The van der Waals surface area contributed by atoms with E-state index in [4.69, 9.17) is 0 Å². The Balaban J connectivity index is 1.50. The van der Waals surface area contributed by atoms with E-state index in [0.717, 1.165) is 41.4 Å². The van der Waals surface area contributed by atoms with Gasteiger partial charge in [0.1, 0.15) is 0 Å². The lowest BCUT2D eigenvalue weighted by atomic mass is 10.0. The van der Waals surface area contributed by atoms with Crippen molar-refractivity contribution in [2.45, 2.75) is 13.8 Å². The summed E-state index contributed by atoms with van der Waals surface area (Å²) in [6.45, 7) is 6.90. The second-order valence-corrected chi connectivity index (χ2v) is 6.53. The average molecular weight is 335 g/mol. The van der Waals surface area contributed by atoms with E-state index in [0.29, 0.717) is 13.1 Å². The number of piperazine rings is 1. The molecule has 1 aliphatic heterocycles. The topological polar surface area (TPSA) is 53.7 Å². The SMILES string of the molecule is Cc1ccc(C)c(C(=O)N2CCN(c3nnc4ccccn34)CC2)c1. The van der Waals surface area contributed by atoms with Gasteiger partial charge >= 0.3 is 0 Å². The molecule has 0 saturated carbocycles. The molecule has 0 spiro atoms. The van der Waals surface area contributed by atoms with Crippen molar-refractivity contribution in [3.8, 4) is 0 Å². The molecule has 6 nitrogen and oxygen atoms in total. The highest BCUT2D eigenvalue weighted by atomic mass is 16.2. The number of nitrogens with zero attached hydrogens (tertiary/aromatic N) is 5. The van der Waals surface area contributed by atoms with Gasteiger partial charge in [-0.2, -0.15) is 0 Å². The molecule has 0 aliphatic carbocycles. The largest absolute Gasteiger partial charge is 0.337 e. The number of amides is 1. The molecule has 0 unspecified atom stereocenters. The summed E-state index contributed by atoms with van der Waals surface area (Å²) < 4.78 is 1.99. The molecule has 1 fully saturated rings. The Kier molecular flexibility index (Phi) is 3.87. The van der Waals surface area contributed by atoms with Gasteiger partial charge in [0, 0.05) is 37.9 Å². The standard InChI is InChI=1S/C19H21N5O/c1-14-6-7-15(2)16(13-14)18(25)22-9-11-23(12-10-22)19-21-20-17-5-3-4-8-24(17)19/h3-8,13H,9-12H2,1-2H3. The van der Waals surface area contributed by atoms with Crippen LogP contribution < -0.4 is 4.90 Å². The molecule has 0 atom stereocenters. The van der Waals surface area contributed by atoms with Crippen molar-refractivity contribution >= 4 is 17.5 Å². The molecule has 1 saturated heterocycles. The van der Waals surface area contributed by atoms with Crippen molar-refractivity contribution in [2.24, 2.45) is 0 Å². The van der Waals surface area contributed by atoms with Crippen LogP contribution in [0.2, 0.25) is 0 Å². The van der Waals surface area contributed by atoms with E-state index >= 15 is 0 Å². The number of benzene rings is 1. The van der Waals surface area contributed by atoms with E-state index in [2.05, 4.69) is 15.1 Å². The van der Waals surface area contributed by atoms with Crippen LogP contribution in [0.15, 0.2) is 42.6 Å². The summed E-state index contributed by atoms with van der Waals surface area (Å²) in [4.78, 5) is 17.0. The molecule has 128 valence electrons. The van der Waals surface area contributed by atoms with Crippen molar-refractivity contribution in [3.63, 3.8) is 0 Å². The maximum absolute atomic E-state index is 12.9. The number of hydrogen-bond acceptors (Lipinski definition) is 4. The number of aryl methyl sites for hydroxylation is 2. The monoisotopic (exact) mass is 335 g/mol. The molecule has 3 heterocycles. The van der Waals surface area contributed by atoms with Gasteiger partial charge in [0.15, 0.2) is 5.65 Å². The summed E-state index contributed by atoms with van der Waals surface area (Å²) >= 11 is 0. The minimum absolute atomic E-state index is 0.118. The van der Waals surface area contributed by atoms with E-state index in [1.807, 2.05) is 65.7 Å². The first kappa shape index (κ1) is 15.6. The van der Waals surface area contributed by atoms with Crippen LogP contribution in [0, 0.1) is 13.8 Å². The summed E-state index contributed by atoms with van der Waals surface area (Å²) in [5.41, 5.74) is 3.79. The summed E-state index contributed by atoms with van der Waals surface area (Å²) in [7, 11) is 0. The van der Waals surface area contributed by atoms with Crippen molar-refractivity contribution in [1.82, 2.24) is 19.5 Å². The fourth-order valence-electron chi connectivity index (χ4n) is 3.29. The highest BCUT2D eigenvalue weighted by Gasteiger charge is 2.25. The van der Waals surface area contributed by atoms with Gasteiger partial charge in [-0.15, -0.1) is 10.2 Å². The molecule has 0 bridgehead atoms. The zero-order valence-electron chi connectivity index (χ0n) is 14.5. The number of rotatable bonds is 2. The fraction of sp³-hybridized carbons (Fsp3) is 0.316. The van der Waals surface area contributed by atoms with Crippen LogP contribution >= 0.6 is 0 Å². The third-order valence-electron chi connectivity index (χ3n) is 4.77. The lowest BCUT2D eigenvalue weighted by molar-refractivity contribution is 0.0745. The molecule has 6 heteroatoms. The summed E-state index contributed by atoms with van der Waals surface area (Å²) in [6.07, 6.45) is 1.97. The van der Waals surface area contributed by atoms with E-state index < -0.39 is 0 Å². The van der Waals surface area contributed by atoms with Gasteiger partial charge in [-0.25, -0.2) is 0 Å². The number of carbonyl (C=O) groups excluding carboxylic acids is 1. The Bertz CT molecular complexity index is 924. The quantitative estimate of drug-likeness (QED) is 0.721. The minimum Gasteiger partial charge on any atom is -0.337 e. The Morgan fingerprint density at radius 1 is 1.00 bits per heavy atom. The van der Waals surface area contributed by atoms with Gasteiger partial charge in [-0.1, -0.05) is 23.8 Å². The summed E-state index contributed by atoms with van der Waals surface area (Å²) in [5.74, 6) is 0.960. The molecule has 3 aromatic rings. The first-order chi connectivity index (χ1) is 12.1. The zero-order chi connectivity index (χ0) is 17.4. The molecular weight excluding hydrogens is 314 g/mol. The highest BCUT2D eigenvalue weighted by molar-refractivity contribution is 5.96. The average Bonchev–Trinajstić information content (AvgIpc) is 3.07. The van der Waals surface area contributed by atoms with E-state index in [-0.39, 0.29) is 5.91 Å². The zero-order valence-corrected chi connectivity index (χ0v) is 14.5. The molecule has 25 heavy (non-hydrogen) atoms. The van der Waals surface area contributed by atoms with E-state index in [1.165, 1.54) is 0 Å². The predicted molar refractivity (Wildman–Crippen MR) is 97.0 cm³/mol. The number of fused-ring (bicyclic) bond motifs is 1. The summed E-state index contributed by atoms with van der Waals surface area (Å²) in [5, 5.41) is 8.52. The van der Waals surface area contributed by atoms with Crippen molar-refractivity contribution in [2.75, 3.05) is 31.1 Å². The van der Waals surface area contributed by atoms with Crippen LogP contribution in [0.5, 0.6) is 0 Å². The molecule has 1 aromatic carbocycles. The lowest BCUT2D eigenvalue weighted by Crippen LogP contribution is -2.49. The van der Waals surface area contributed by atoms with Crippen molar-refractivity contribution < 1.29 is 4.79 Å². The smallest absolute Gasteiger partial charge is 0.254 e. The van der Waals surface area contributed by atoms with Crippen LogP contribution in [-0.2, 0) is 0 Å². The maximum Gasteiger partial charge on any atom is 0.254 e. The van der Waals surface area contributed by atoms with Gasteiger partial charge in [0.2, 0.25) is 5.95 Å². The van der Waals surface area contributed by atoms with Gasteiger partial charge in [0.05, 0.1) is 0 Å². The fourth-order valence-corrected chi connectivity index (χ4v) is 3.29. The van der Waals surface area contributed by atoms with E-state index in [1.54, 1.807) is 0 Å². The van der Waals surface area contributed by atoms with Crippen LogP contribution in [0.25, 0.3) is 5.65 Å². The van der Waals surface area contributed by atoms with Crippen LogP contribution in [0.1, 0.15) is 21.5 Å². The Hall–Kier alpha value is -2.89. The third kappa shape index (κ3) is 2.84. The first-order valence-electron chi connectivity index (χ1n) is 8.55. The number of aromatic nitrogens is 3. The molecule has 4 rings (SSSR count). The first-order valence-corrected chi connectivity index (χ1v) is 8.55. The number of anilines is 1. The van der Waals surface area contributed by atoms with Gasteiger partial charge in [-0.05, 0) is 37.6 Å². The van der Waals surface area contributed by atoms with Gasteiger partial charge < -0.3 is 9.80 Å². The molecule has 1 amide bonds. The van der Waals surface area contributed by atoms with Crippen molar-refractivity contribution in [1.29, 1.82) is 0 Å². The van der Waals surface area contributed by atoms with Crippen LogP contribution in [0.4, 0.5) is 5.95 Å². The number of hydrogen-bond donors (Lipinski definition) is 0. The number of carbonyl (C=O) groups is 1. The van der Waals surface area contributed by atoms with Gasteiger partial charge in [-0.3, -0.25) is 9.20 Å². The normalized spacial score (nSPS) is 15.0. The summed E-state index contributed by atoms with van der Waals surface area (Å²) in [6, 6.07) is 11.9. The predicted octanol–water partition coefficient (Wildman–Crippen LogP) is 2.31. The Labute approximate surface area is 146 Å². The van der Waals surface area contributed by atoms with Crippen LogP contribution in [0.3, 0.4) is 0 Å².